The van der Waals surface area contributed by atoms with Crippen molar-refractivity contribution in [3.63, 3.8) is 0 Å². The van der Waals surface area contributed by atoms with E-state index in [1.807, 2.05) is 0 Å². The fourth-order valence-corrected chi connectivity index (χ4v) is 5.88. The molecule has 8 N–H and O–H groups in total. The van der Waals surface area contributed by atoms with Crippen molar-refractivity contribution < 1.29 is 28.4 Å². The summed E-state index contributed by atoms with van der Waals surface area (Å²) in [5.41, 5.74) is 8.77. The number of halogens is 1. The summed E-state index contributed by atoms with van der Waals surface area (Å²) >= 11 is 0. The zero-order valence-electron chi connectivity index (χ0n) is 26.5. The van der Waals surface area contributed by atoms with Crippen LogP contribution in [0.5, 0.6) is 0 Å². The number of carbonyl (C=O) groups excluding carboxylic acids is 5. The third kappa shape index (κ3) is 9.73. The summed E-state index contributed by atoms with van der Waals surface area (Å²) in [5.74, 6) is -3.81. The number of aliphatic imine (C=N–C) groups is 1. The molecular formula is C32H48FN7O5. The fraction of sp³-hybridized carbons (Fsp3) is 0.625. The summed E-state index contributed by atoms with van der Waals surface area (Å²) in [6, 6.07) is 4.21. The first-order valence-electron chi connectivity index (χ1n) is 15.8. The maximum absolute atomic E-state index is 13.9. The summed E-state index contributed by atoms with van der Waals surface area (Å²) < 4.78 is 13.7. The smallest absolute Gasteiger partial charge is 0.247 e. The van der Waals surface area contributed by atoms with E-state index < -0.39 is 46.6 Å². The van der Waals surface area contributed by atoms with Gasteiger partial charge in [-0.05, 0) is 69.6 Å². The molecule has 4 amide bonds. The van der Waals surface area contributed by atoms with Crippen LogP contribution < -0.4 is 32.7 Å². The van der Waals surface area contributed by atoms with Crippen LogP contribution >= 0.6 is 0 Å². The first-order chi connectivity index (χ1) is 21.3. The highest BCUT2D eigenvalue weighted by atomic mass is 19.1. The molecule has 1 aromatic rings. The van der Waals surface area contributed by atoms with E-state index in [1.54, 1.807) is 20.8 Å². The predicted molar refractivity (Wildman–Crippen MR) is 168 cm³/mol. The van der Waals surface area contributed by atoms with Crippen molar-refractivity contribution >= 4 is 35.4 Å². The third-order valence-corrected chi connectivity index (χ3v) is 8.74. The topological polar surface area (TPSA) is 198 Å². The molecule has 13 heteroatoms. The molecule has 1 aromatic carbocycles. The molecule has 1 aliphatic heterocycles. The second kappa shape index (κ2) is 15.8. The number of hydrogen-bond donors (Lipinski definition) is 6. The fourth-order valence-electron chi connectivity index (χ4n) is 5.88. The van der Waals surface area contributed by atoms with Crippen LogP contribution in [0.25, 0.3) is 0 Å². The molecule has 1 saturated heterocycles. The maximum atomic E-state index is 13.9. The number of rotatable bonds is 7. The van der Waals surface area contributed by atoms with Crippen LogP contribution in [0.3, 0.4) is 0 Å². The minimum absolute atomic E-state index is 0.0844. The molecule has 1 spiro atoms. The Balaban J connectivity index is 1.99. The van der Waals surface area contributed by atoms with E-state index in [2.05, 4.69) is 26.3 Å². The largest absolute Gasteiger partial charge is 0.370 e. The maximum Gasteiger partial charge on any atom is 0.247 e. The molecule has 0 bridgehead atoms. The van der Waals surface area contributed by atoms with Crippen molar-refractivity contribution in [2.75, 3.05) is 13.1 Å². The van der Waals surface area contributed by atoms with Gasteiger partial charge in [-0.1, -0.05) is 38.8 Å². The summed E-state index contributed by atoms with van der Waals surface area (Å²) in [7, 11) is 0. The summed E-state index contributed by atoms with van der Waals surface area (Å²) in [6.45, 7) is 5.64. The van der Waals surface area contributed by atoms with E-state index in [1.165, 1.54) is 24.3 Å². The lowest BCUT2D eigenvalue weighted by Gasteiger charge is -2.34. The minimum atomic E-state index is -1.30. The van der Waals surface area contributed by atoms with Crippen molar-refractivity contribution in [2.45, 2.75) is 102 Å². The normalized spacial score (nSPS) is 24.9. The van der Waals surface area contributed by atoms with Crippen LogP contribution in [0.2, 0.25) is 0 Å². The standard InChI is InChI=1S/C32H48FN7O5/c1-20(2)26(42)39-31(3)14-6-7-17-36-28(44)25(21-10-12-23(33)13-11-21)38-29(45)32(15-4-5-16-32)40-27(43)22(19-24(31)41)9-8-18-37-30(34)35/h10-13,20,22,25H,4-9,14-19H2,1-3H3,(H,36,44)(H,38,45)(H,39,42)(H,40,43)(H4,34,35,37)/t22-,25-,31-/m1/s1. The molecule has 2 fully saturated rings. The second-order valence-electron chi connectivity index (χ2n) is 12.7. The number of nitrogens with one attached hydrogen (secondary N) is 4. The number of ketones is 1. The van der Waals surface area contributed by atoms with Gasteiger partial charge in [0.1, 0.15) is 17.4 Å². The van der Waals surface area contributed by atoms with Crippen LogP contribution in [0, 0.1) is 17.7 Å². The van der Waals surface area contributed by atoms with Gasteiger partial charge in [0.25, 0.3) is 0 Å². The number of amides is 4. The number of nitrogens with two attached hydrogens (primary N) is 2. The first-order valence-corrected chi connectivity index (χ1v) is 15.8. The summed E-state index contributed by atoms with van der Waals surface area (Å²) in [6.07, 6.45) is 3.83. The lowest BCUT2D eigenvalue weighted by Crippen LogP contribution is -2.60. The Hall–Kier alpha value is -4.03. The summed E-state index contributed by atoms with van der Waals surface area (Å²) in [5, 5.41) is 11.5. The number of guanidine groups is 1. The predicted octanol–water partition coefficient (Wildman–Crippen LogP) is 1.87. The molecular weight excluding hydrogens is 581 g/mol. The highest BCUT2D eigenvalue weighted by molar-refractivity contribution is 5.98. The van der Waals surface area contributed by atoms with Crippen LogP contribution in [-0.4, -0.2) is 59.5 Å². The molecule has 0 unspecified atom stereocenters. The molecule has 1 saturated carbocycles. The van der Waals surface area contributed by atoms with E-state index in [0.29, 0.717) is 56.9 Å². The summed E-state index contributed by atoms with van der Waals surface area (Å²) in [4.78, 5) is 71.9. The van der Waals surface area contributed by atoms with Crippen LogP contribution in [-0.2, 0) is 24.0 Å². The Labute approximate surface area is 264 Å². The number of hydrogen-bond acceptors (Lipinski definition) is 6. The van der Waals surface area contributed by atoms with Crippen molar-refractivity contribution in [3.05, 3.63) is 35.6 Å². The SMILES string of the molecule is CC(C)C(=O)N[C@]1(C)CCCCNC(=O)[C@@H](c2ccc(F)cc2)NC(=O)C2(CCCC2)NC(=O)[C@H](CCCN=C(N)N)CC1=O. The lowest BCUT2D eigenvalue weighted by molar-refractivity contribution is -0.139. The number of nitrogens with zero attached hydrogens (tertiary/aromatic N) is 1. The number of Topliss-reactive ketones (excluding diaryl/α,β-unsaturated/α-hetero) is 1. The van der Waals surface area contributed by atoms with E-state index in [4.69, 9.17) is 11.5 Å². The van der Waals surface area contributed by atoms with Gasteiger partial charge in [-0.3, -0.25) is 29.0 Å². The number of carbonyl (C=O) groups is 5. The Morgan fingerprint density at radius 1 is 1.02 bits per heavy atom. The van der Waals surface area contributed by atoms with Gasteiger partial charge in [0.15, 0.2) is 11.7 Å². The minimum Gasteiger partial charge on any atom is -0.370 e. The second-order valence-corrected chi connectivity index (χ2v) is 12.7. The molecule has 0 aromatic heterocycles. The van der Waals surface area contributed by atoms with Gasteiger partial charge in [-0.15, -0.1) is 0 Å². The van der Waals surface area contributed by atoms with Crippen LogP contribution in [0.4, 0.5) is 4.39 Å². The molecule has 1 heterocycles. The van der Waals surface area contributed by atoms with E-state index >= 15 is 0 Å². The molecule has 12 nitrogen and oxygen atoms in total. The first kappa shape index (κ1) is 35.4. The Morgan fingerprint density at radius 2 is 1.67 bits per heavy atom. The van der Waals surface area contributed by atoms with E-state index in [0.717, 1.165) is 0 Å². The van der Waals surface area contributed by atoms with Crippen molar-refractivity contribution in [2.24, 2.45) is 28.3 Å². The molecule has 1 aliphatic carbocycles. The van der Waals surface area contributed by atoms with Crippen LogP contribution in [0.1, 0.15) is 96.6 Å². The van der Waals surface area contributed by atoms with Gasteiger partial charge < -0.3 is 32.7 Å². The van der Waals surface area contributed by atoms with Gasteiger partial charge in [-0.25, -0.2) is 4.39 Å². The van der Waals surface area contributed by atoms with Gasteiger partial charge in [0, 0.05) is 31.3 Å². The number of benzene rings is 1. The highest BCUT2D eigenvalue weighted by Crippen LogP contribution is 2.32. The molecule has 0 radical (unpaired) electrons. The van der Waals surface area contributed by atoms with Crippen molar-refractivity contribution in [1.82, 2.24) is 21.3 Å². The van der Waals surface area contributed by atoms with Crippen molar-refractivity contribution in [1.29, 1.82) is 0 Å². The third-order valence-electron chi connectivity index (χ3n) is 8.74. The molecule has 45 heavy (non-hydrogen) atoms. The van der Waals surface area contributed by atoms with Crippen LogP contribution in [0.15, 0.2) is 29.3 Å². The van der Waals surface area contributed by atoms with Gasteiger partial charge in [0.05, 0.1) is 5.54 Å². The average Bonchev–Trinajstić information content (AvgIpc) is 3.46. The van der Waals surface area contributed by atoms with E-state index in [-0.39, 0.29) is 49.5 Å². The average molecular weight is 630 g/mol. The van der Waals surface area contributed by atoms with Gasteiger partial charge in [-0.2, -0.15) is 0 Å². The Kier molecular flexibility index (Phi) is 12.5. The molecule has 3 rings (SSSR count). The van der Waals surface area contributed by atoms with Gasteiger partial charge in [0.2, 0.25) is 23.6 Å². The monoisotopic (exact) mass is 629 g/mol. The zero-order chi connectivity index (χ0) is 33.2. The van der Waals surface area contributed by atoms with Gasteiger partial charge >= 0.3 is 0 Å². The highest BCUT2D eigenvalue weighted by Gasteiger charge is 2.46. The quantitative estimate of drug-likeness (QED) is 0.150. The Morgan fingerprint density at radius 3 is 2.29 bits per heavy atom. The molecule has 3 atom stereocenters. The van der Waals surface area contributed by atoms with E-state index in [9.17, 15) is 28.4 Å². The lowest BCUT2D eigenvalue weighted by atomic mass is 9.82. The Bertz CT molecular complexity index is 1260. The zero-order valence-corrected chi connectivity index (χ0v) is 26.5. The molecule has 2 aliphatic rings. The molecule has 248 valence electrons. The van der Waals surface area contributed by atoms with Crippen molar-refractivity contribution in [3.8, 4) is 0 Å².